The summed E-state index contributed by atoms with van der Waals surface area (Å²) in [7, 11) is 0. The van der Waals surface area contributed by atoms with Gasteiger partial charge in [-0.2, -0.15) is 0 Å². The maximum absolute atomic E-state index is 13.0. The van der Waals surface area contributed by atoms with E-state index < -0.39 is 0 Å². The standard InChI is InChI=1S/C15H14FN3/c16-12-6-4-11(5-7-12)15-18-13(8-9-17)14-3-1-2-10-19(14)15/h1-7,10H,8-9,17H2. The SMILES string of the molecule is NCCc1nc(-c2ccc(F)cc2)n2ccccc12. The first-order valence-corrected chi connectivity index (χ1v) is 6.21. The number of fused-ring (bicyclic) bond motifs is 1. The maximum Gasteiger partial charge on any atom is 0.144 e. The van der Waals surface area contributed by atoms with Crippen molar-refractivity contribution in [3.8, 4) is 11.4 Å². The highest BCUT2D eigenvalue weighted by molar-refractivity contribution is 5.65. The minimum absolute atomic E-state index is 0.244. The fourth-order valence-corrected chi connectivity index (χ4v) is 2.23. The summed E-state index contributed by atoms with van der Waals surface area (Å²) in [6, 6.07) is 12.3. The van der Waals surface area contributed by atoms with Gasteiger partial charge in [0.2, 0.25) is 0 Å². The first-order valence-electron chi connectivity index (χ1n) is 6.21. The molecule has 3 rings (SSSR count). The van der Waals surface area contributed by atoms with Gasteiger partial charge in [0, 0.05) is 18.2 Å². The van der Waals surface area contributed by atoms with Gasteiger partial charge in [0.05, 0.1) is 11.2 Å². The van der Waals surface area contributed by atoms with Gasteiger partial charge in [-0.1, -0.05) is 6.07 Å². The lowest BCUT2D eigenvalue weighted by molar-refractivity contribution is 0.628. The lowest BCUT2D eigenvalue weighted by Gasteiger charge is -2.00. The van der Waals surface area contributed by atoms with Gasteiger partial charge in [0.15, 0.2) is 0 Å². The summed E-state index contributed by atoms with van der Waals surface area (Å²) in [5, 5.41) is 0. The van der Waals surface area contributed by atoms with Crippen LogP contribution in [0, 0.1) is 5.82 Å². The molecule has 0 bridgehead atoms. The molecule has 0 spiro atoms. The zero-order valence-corrected chi connectivity index (χ0v) is 10.4. The van der Waals surface area contributed by atoms with Gasteiger partial charge in [-0.15, -0.1) is 0 Å². The van der Waals surface area contributed by atoms with Crippen molar-refractivity contribution in [2.45, 2.75) is 6.42 Å². The first kappa shape index (κ1) is 11.9. The number of nitrogens with zero attached hydrogens (tertiary/aromatic N) is 2. The highest BCUT2D eigenvalue weighted by atomic mass is 19.1. The summed E-state index contributed by atoms with van der Waals surface area (Å²) < 4.78 is 15.0. The maximum atomic E-state index is 13.0. The van der Waals surface area contributed by atoms with Gasteiger partial charge < -0.3 is 5.73 Å². The second-order valence-corrected chi connectivity index (χ2v) is 4.38. The average Bonchev–Trinajstić information content (AvgIpc) is 2.80. The van der Waals surface area contributed by atoms with E-state index in [0.29, 0.717) is 6.54 Å². The number of halogens is 1. The fourth-order valence-electron chi connectivity index (χ4n) is 2.23. The van der Waals surface area contributed by atoms with Gasteiger partial charge >= 0.3 is 0 Å². The summed E-state index contributed by atoms with van der Waals surface area (Å²) in [6.45, 7) is 0.560. The molecular formula is C15H14FN3. The van der Waals surface area contributed by atoms with Crippen LogP contribution in [-0.2, 0) is 6.42 Å². The minimum atomic E-state index is -0.244. The van der Waals surface area contributed by atoms with Crippen LogP contribution < -0.4 is 5.73 Å². The Kier molecular flexibility index (Phi) is 3.01. The summed E-state index contributed by atoms with van der Waals surface area (Å²) >= 11 is 0. The van der Waals surface area contributed by atoms with Crippen molar-refractivity contribution in [3.05, 3.63) is 60.2 Å². The molecule has 4 heteroatoms. The normalized spacial score (nSPS) is 11.1. The monoisotopic (exact) mass is 255 g/mol. The molecule has 0 aliphatic carbocycles. The van der Waals surface area contributed by atoms with Crippen LogP contribution in [0.1, 0.15) is 5.69 Å². The van der Waals surface area contributed by atoms with E-state index in [4.69, 9.17) is 5.73 Å². The molecule has 0 unspecified atom stereocenters. The van der Waals surface area contributed by atoms with Crippen molar-refractivity contribution >= 4 is 5.52 Å². The van der Waals surface area contributed by atoms with E-state index in [1.165, 1.54) is 12.1 Å². The molecule has 0 saturated heterocycles. The van der Waals surface area contributed by atoms with Crippen LogP contribution in [0.3, 0.4) is 0 Å². The highest BCUT2D eigenvalue weighted by Gasteiger charge is 2.11. The largest absolute Gasteiger partial charge is 0.330 e. The predicted molar refractivity (Wildman–Crippen MR) is 73.3 cm³/mol. The molecule has 3 aromatic rings. The van der Waals surface area contributed by atoms with Crippen LogP contribution in [0.4, 0.5) is 4.39 Å². The number of nitrogens with two attached hydrogens (primary N) is 1. The van der Waals surface area contributed by atoms with Gasteiger partial charge in [-0.25, -0.2) is 9.37 Å². The highest BCUT2D eigenvalue weighted by Crippen LogP contribution is 2.23. The van der Waals surface area contributed by atoms with Crippen molar-refractivity contribution in [1.82, 2.24) is 9.38 Å². The number of hydrogen-bond acceptors (Lipinski definition) is 2. The lowest BCUT2D eigenvalue weighted by atomic mass is 10.2. The zero-order valence-electron chi connectivity index (χ0n) is 10.4. The van der Waals surface area contributed by atoms with Crippen LogP contribution in [0.25, 0.3) is 16.9 Å². The van der Waals surface area contributed by atoms with Gasteiger partial charge in [-0.05, 0) is 42.9 Å². The topological polar surface area (TPSA) is 43.3 Å². The fraction of sp³-hybridized carbons (Fsp3) is 0.133. The molecule has 3 nitrogen and oxygen atoms in total. The summed E-state index contributed by atoms with van der Waals surface area (Å²) in [6.07, 6.45) is 2.69. The predicted octanol–water partition coefficient (Wildman–Crippen LogP) is 2.64. The molecule has 0 saturated carbocycles. The van der Waals surface area contributed by atoms with Gasteiger partial charge in [-0.3, -0.25) is 4.40 Å². The molecule has 96 valence electrons. The van der Waals surface area contributed by atoms with E-state index >= 15 is 0 Å². The van der Waals surface area contributed by atoms with E-state index in [9.17, 15) is 4.39 Å². The Morgan fingerprint density at radius 1 is 1.11 bits per heavy atom. The van der Waals surface area contributed by atoms with Crippen molar-refractivity contribution in [2.24, 2.45) is 5.73 Å². The molecule has 0 aliphatic rings. The first-order chi connectivity index (χ1) is 9.29. The van der Waals surface area contributed by atoms with E-state index in [2.05, 4.69) is 4.98 Å². The van der Waals surface area contributed by atoms with Crippen molar-refractivity contribution < 1.29 is 4.39 Å². The Morgan fingerprint density at radius 2 is 1.89 bits per heavy atom. The third-order valence-corrected chi connectivity index (χ3v) is 3.11. The average molecular weight is 255 g/mol. The van der Waals surface area contributed by atoms with Crippen molar-refractivity contribution in [1.29, 1.82) is 0 Å². The molecule has 2 heterocycles. The van der Waals surface area contributed by atoms with E-state index in [1.807, 2.05) is 28.8 Å². The second-order valence-electron chi connectivity index (χ2n) is 4.38. The summed E-state index contributed by atoms with van der Waals surface area (Å²) in [4.78, 5) is 4.64. The zero-order chi connectivity index (χ0) is 13.2. The Labute approximate surface area is 110 Å². The Balaban J connectivity index is 2.20. The number of hydrogen-bond donors (Lipinski definition) is 1. The third-order valence-electron chi connectivity index (χ3n) is 3.11. The van der Waals surface area contributed by atoms with Crippen LogP contribution in [0.5, 0.6) is 0 Å². The van der Waals surface area contributed by atoms with Crippen molar-refractivity contribution in [3.63, 3.8) is 0 Å². The quantitative estimate of drug-likeness (QED) is 0.781. The number of imidazole rings is 1. The molecule has 0 radical (unpaired) electrons. The minimum Gasteiger partial charge on any atom is -0.330 e. The smallest absolute Gasteiger partial charge is 0.144 e. The number of rotatable bonds is 3. The molecule has 0 aliphatic heterocycles. The summed E-state index contributed by atoms with van der Waals surface area (Å²) in [5.74, 6) is 0.575. The van der Waals surface area contributed by atoms with E-state index in [-0.39, 0.29) is 5.82 Å². The molecule has 0 atom stereocenters. The van der Waals surface area contributed by atoms with Crippen molar-refractivity contribution in [2.75, 3.05) is 6.54 Å². The third kappa shape index (κ3) is 2.11. The lowest BCUT2D eigenvalue weighted by Crippen LogP contribution is -2.03. The molecular weight excluding hydrogens is 241 g/mol. The second kappa shape index (κ2) is 4.82. The Bertz CT molecular complexity index is 701. The Morgan fingerprint density at radius 3 is 2.63 bits per heavy atom. The van der Waals surface area contributed by atoms with E-state index in [1.54, 1.807) is 12.1 Å². The van der Waals surface area contributed by atoms with Crippen LogP contribution >= 0.6 is 0 Å². The molecule has 2 N–H and O–H groups in total. The van der Waals surface area contributed by atoms with Crippen LogP contribution in [0.2, 0.25) is 0 Å². The Hall–Kier alpha value is -2.20. The van der Waals surface area contributed by atoms with Gasteiger partial charge in [0.25, 0.3) is 0 Å². The molecule has 19 heavy (non-hydrogen) atoms. The molecule has 0 fully saturated rings. The molecule has 2 aromatic heterocycles. The van der Waals surface area contributed by atoms with Crippen LogP contribution in [-0.4, -0.2) is 15.9 Å². The number of aromatic nitrogens is 2. The summed E-state index contributed by atoms with van der Waals surface area (Å²) in [5.41, 5.74) is 8.54. The number of pyridine rings is 1. The number of benzene rings is 1. The molecule has 1 aromatic carbocycles. The van der Waals surface area contributed by atoms with Gasteiger partial charge in [0.1, 0.15) is 11.6 Å². The van der Waals surface area contributed by atoms with Crippen LogP contribution in [0.15, 0.2) is 48.7 Å². The molecule has 0 amide bonds. The van der Waals surface area contributed by atoms with E-state index in [0.717, 1.165) is 29.0 Å².